The predicted molar refractivity (Wildman–Crippen MR) is 141 cm³/mol. The number of carbonyl (C=O) groups is 1. The molecule has 4 aliphatic heterocycles. The summed E-state index contributed by atoms with van der Waals surface area (Å²) in [6.45, 7) is 13.7. The number of halogens is 2. The van der Waals surface area contributed by atoms with E-state index in [0.29, 0.717) is 36.9 Å². The summed E-state index contributed by atoms with van der Waals surface area (Å²) in [5.41, 5.74) is 1.84. The second kappa shape index (κ2) is 11.2. The van der Waals surface area contributed by atoms with Crippen molar-refractivity contribution in [3.05, 3.63) is 30.0 Å². The highest BCUT2D eigenvalue weighted by atomic mass is 19.3. The second-order valence-corrected chi connectivity index (χ2v) is 11.2. The lowest BCUT2D eigenvalue weighted by Crippen LogP contribution is -2.63. The molecule has 4 fully saturated rings. The van der Waals surface area contributed by atoms with Gasteiger partial charge >= 0.3 is 0 Å². The summed E-state index contributed by atoms with van der Waals surface area (Å²) in [5.74, 6) is 0.680. The van der Waals surface area contributed by atoms with E-state index < -0.39 is 6.43 Å². The van der Waals surface area contributed by atoms with Gasteiger partial charge in [0.2, 0.25) is 5.91 Å². The predicted octanol–water partition coefficient (Wildman–Crippen LogP) is 3.89. The maximum Gasteiger partial charge on any atom is 0.280 e. The molecule has 1 aromatic heterocycles. The van der Waals surface area contributed by atoms with Gasteiger partial charge in [0.1, 0.15) is 11.5 Å². The van der Waals surface area contributed by atoms with Crippen molar-refractivity contribution in [2.45, 2.75) is 57.9 Å². The van der Waals surface area contributed by atoms with E-state index in [2.05, 4.69) is 32.3 Å². The van der Waals surface area contributed by atoms with Gasteiger partial charge in [-0.05, 0) is 43.6 Å². The monoisotopic (exact) mass is 517 g/mol. The molecule has 1 spiro atoms. The van der Waals surface area contributed by atoms with Crippen LogP contribution in [0.1, 0.15) is 56.7 Å². The zero-order valence-electron chi connectivity index (χ0n) is 22.1. The quantitative estimate of drug-likeness (QED) is 0.512. The minimum atomic E-state index is -2.59. The van der Waals surface area contributed by atoms with Crippen molar-refractivity contribution in [1.29, 1.82) is 0 Å². The number of pyridine rings is 1. The van der Waals surface area contributed by atoms with E-state index in [0.717, 1.165) is 83.9 Å². The number of hydrogen-bond acceptors (Lipinski definition) is 6. The molecule has 5 rings (SSSR count). The van der Waals surface area contributed by atoms with Crippen molar-refractivity contribution >= 4 is 17.4 Å². The number of rotatable bonds is 7. The number of carbonyl (C=O) groups excluding carboxylic acids is 1. The Labute approximate surface area is 219 Å². The zero-order valence-corrected chi connectivity index (χ0v) is 22.1. The van der Waals surface area contributed by atoms with Crippen LogP contribution in [-0.4, -0.2) is 92.3 Å². The third kappa shape index (κ3) is 5.48. The number of ether oxygens (including phenoxy) is 1. The van der Waals surface area contributed by atoms with Crippen LogP contribution in [0.25, 0.3) is 0 Å². The van der Waals surface area contributed by atoms with E-state index in [1.807, 2.05) is 11.8 Å². The highest BCUT2D eigenvalue weighted by Crippen LogP contribution is 2.42. The molecule has 0 radical (unpaired) electrons. The highest BCUT2D eigenvalue weighted by molar-refractivity contribution is 5.87. The first kappa shape index (κ1) is 26.4. The van der Waals surface area contributed by atoms with Gasteiger partial charge in [-0.1, -0.05) is 19.9 Å². The number of alkyl halides is 2. The largest absolute Gasteiger partial charge is 0.381 e. The van der Waals surface area contributed by atoms with E-state index in [9.17, 15) is 13.6 Å². The summed E-state index contributed by atoms with van der Waals surface area (Å²) >= 11 is 0. The molecule has 1 amide bonds. The molecule has 0 unspecified atom stereocenters. The summed E-state index contributed by atoms with van der Waals surface area (Å²) in [6, 6.07) is 2.45. The molecule has 0 atom stereocenters. The van der Waals surface area contributed by atoms with Gasteiger partial charge in [0.05, 0.1) is 6.61 Å². The fourth-order valence-corrected chi connectivity index (χ4v) is 6.53. The molecule has 4 aliphatic rings. The maximum absolute atomic E-state index is 14.3. The average molecular weight is 518 g/mol. The van der Waals surface area contributed by atoms with Crippen LogP contribution in [-0.2, 0) is 16.0 Å². The van der Waals surface area contributed by atoms with Crippen LogP contribution in [0, 0.1) is 5.41 Å². The fourth-order valence-electron chi connectivity index (χ4n) is 6.53. The van der Waals surface area contributed by atoms with E-state index in [1.165, 1.54) is 12.5 Å². The molecular formula is C28H41F2N5O2. The Bertz CT molecular complexity index is 960. The topological polar surface area (TPSA) is 52.2 Å². The number of aromatic nitrogens is 1. The Morgan fingerprint density at radius 3 is 2.49 bits per heavy atom. The molecule has 1 aromatic rings. The first-order valence-electron chi connectivity index (χ1n) is 14.0. The van der Waals surface area contributed by atoms with Crippen molar-refractivity contribution in [2.24, 2.45) is 5.41 Å². The lowest BCUT2D eigenvalue weighted by molar-refractivity contribution is -0.128. The highest BCUT2D eigenvalue weighted by Gasteiger charge is 2.39. The maximum atomic E-state index is 14.3. The van der Waals surface area contributed by atoms with Gasteiger partial charge in [0.25, 0.3) is 6.43 Å². The van der Waals surface area contributed by atoms with Crippen molar-refractivity contribution in [1.82, 2.24) is 14.8 Å². The molecule has 9 heteroatoms. The summed E-state index contributed by atoms with van der Waals surface area (Å²) in [5, 5.41) is 0. The van der Waals surface area contributed by atoms with Crippen LogP contribution in [0.3, 0.4) is 0 Å². The molecule has 204 valence electrons. The lowest BCUT2D eigenvalue weighted by Gasteiger charge is -2.50. The molecule has 0 aromatic carbocycles. The molecule has 0 N–H and O–H groups in total. The molecule has 4 saturated heterocycles. The summed E-state index contributed by atoms with van der Waals surface area (Å²) in [6.07, 6.45) is 4.55. The molecule has 0 bridgehead atoms. The smallest absolute Gasteiger partial charge is 0.280 e. The zero-order chi connectivity index (χ0) is 26.0. The number of amides is 1. The van der Waals surface area contributed by atoms with Gasteiger partial charge in [0, 0.05) is 82.3 Å². The molecule has 0 aliphatic carbocycles. The number of hydrogen-bond donors (Lipinski definition) is 0. The van der Waals surface area contributed by atoms with Crippen LogP contribution in [0.5, 0.6) is 0 Å². The molecule has 5 heterocycles. The van der Waals surface area contributed by atoms with Crippen LogP contribution in [0.4, 0.5) is 20.3 Å². The minimum absolute atomic E-state index is 0.0115. The van der Waals surface area contributed by atoms with E-state index in [4.69, 9.17) is 4.74 Å². The van der Waals surface area contributed by atoms with Gasteiger partial charge in [0.15, 0.2) is 0 Å². The first-order chi connectivity index (χ1) is 17.9. The summed E-state index contributed by atoms with van der Waals surface area (Å²) in [7, 11) is 0. The van der Waals surface area contributed by atoms with Crippen LogP contribution in [0.2, 0.25) is 0 Å². The van der Waals surface area contributed by atoms with Crippen molar-refractivity contribution in [3.8, 4) is 0 Å². The molecule has 7 nitrogen and oxygen atoms in total. The third-order valence-electron chi connectivity index (χ3n) is 8.90. The third-order valence-corrected chi connectivity index (χ3v) is 8.90. The van der Waals surface area contributed by atoms with E-state index >= 15 is 0 Å². The lowest BCUT2D eigenvalue weighted by atomic mass is 9.74. The molecule has 0 saturated carbocycles. The van der Waals surface area contributed by atoms with Gasteiger partial charge < -0.3 is 19.4 Å². The second-order valence-electron chi connectivity index (χ2n) is 11.2. The number of piperidine rings is 1. The van der Waals surface area contributed by atoms with Gasteiger partial charge in [-0.25, -0.2) is 13.8 Å². The van der Waals surface area contributed by atoms with Crippen LogP contribution in [0.15, 0.2) is 18.7 Å². The average Bonchev–Trinajstić information content (AvgIpc) is 2.89. The van der Waals surface area contributed by atoms with Gasteiger partial charge in [-0.15, -0.1) is 0 Å². The minimum Gasteiger partial charge on any atom is -0.381 e. The normalized spacial score (nSPS) is 23.0. The van der Waals surface area contributed by atoms with Gasteiger partial charge in [-0.2, -0.15) is 0 Å². The summed E-state index contributed by atoms with van der Waals surface area (Å²) in [4.78, 5) is 25.2. The van der Waals surface area contributed by atoms with E-state index in [-0.39, 0.29) is 17.0 Å². The molecular weight excluding hydrogens is 476 g/mol. The van der Waals surface area contributed by atoms with Crippen molar-refractivity contribution in [2.75, 3.05) is 75.4 Å². The summed E-state index contributed by atoms with van der Waals surface area (Å²) < 4.78 is 34.4. The SMILES string of the molecule is C=CC(=O)N1CCN(C2CN(c3cc(N4CCC5(CCCOC5)CC4)nc(C(F)F)c3CCC)C2)CC1. The Morgan fingerprint density at radius 2 is 1.89 bits per heavy atom. The van der Waals surface area contributed by atoms with E-state index in [1.54, 1.807) is 0 Å². The van der Waals surface area contributed by atoms with Crippen LogP contribution < -0.4 is 9.80 Å². The Hall–Kier alpha value is -2.26. The number of piperazine rings is 1. The van der Waals surface area contributed by atoms with Gasteiger partial charge in [-0.3, -0.25) is 9.69 Å². The molecule has 37 heavy (non-hydrogen) atoms. The number of nitrogens with zero attached hydrogens (tertiary/aromatic N) is 5. The number of anilines is 2. The fraction of sp³-hybridized carbons (Fsp3) is 0.714. The first-order valence-corrected chi connectivity index (χ1v) is 14.0. The Balaban J connectivity index is 1.30. The Morgan fingerprint density at radius 1 is 1.16 bits per heavy atom. The van der Waals surface area contributed by atoms with Crippen molar-refractivity contribution < 1.29 is 18.3 Å². The van der Waals surface area contributed by atoms with Crippen LogP contribution >= 0.6 is 0 Å². The standard InChI is InChI=1S/C28H41F2N5O2/c1-3-6-22-23(35-18-21(19-35)32-12-14-34(15-13-32)25(36)4-2)17-24(31-26(22)27(29)30)33-10-8-28(9-11-33)7-5-16-37-20-28/h4,17,21,27H,2-3,5-16,18-20H2,1H3. The van der Waals surface area contributed by atoms with Crippen molar-refractivity contribution in [3.63, 3.8) is 0 Å². The Kier molecular flexibility index (Phi) is 8.00.